The van der Waals surface area contributed by atoms with Gasteiger partial charge in [0.2, 0.25) is 11.8 Å². The highest BCUT2D eigenvalue weighted by molar-refractivity contribution is 5.92. The number of hydrogen-bond acceptors (Lipinski definition) is 4. The molecule has 1 aromatic heterocycles. The number of amides is 2. The van der Waals surface area contributed by atoms with Crippen molar-refractivity contribution in [1.29, 1.82) is 0 Å². The number of pyridine rings is 1. The van der Waals surface area contributed by atoms with Gasteiger partial charge in [-0.25, -0.2) is 8.78 Å². The molecule has 33 heavy (non-hydrogen) atoms. The Morgan fingerprint density at radius 3 is 2.42 bits per heavy atom. The van der Waals surface area contributed by atoms with Gasteiger partial charge in [0.15, 0.2) is 11.7 Å². The molecule has 1 aromatic rings. The van der Waals surface area contributed by atoms with Crippen LogP contribution >= 0.6 is 0 Å². The first-order valence-corrected chi connectivity index (χ1v) is 11.9. The fourth-order valence-corrected chi connectivity index (χ4v) is 5.40. The van der Waals surface area contributed by atoms with E-state index in [1.54, 1.807) is 24.5 Å². The Morgan fingerprint density at radius 1 is 1.12 bits per heavy atom. The molecule has 0 aromatic carbocycles. The van der Waals surface area contributed by atoms with Gasteiger partial charge in [-0.15, -0.1) is 0 Å². The number of nitrogens with two attached hydrogens (primary N) is 1. The van der Waals surface area contributed by atoms with E-state index < -0.39 is 17.1 Å². The zero-order valence-electron chi connectivity index (χ0n) is 18.7. The van der Waals surface area contributed by atoms with E-state index in [1.165, 1.54) is 12.2 Å². The van der Waals surface area contributed by atoms with E-state index in [-0.39, 0.29) is 35.6 Å². The molecule has 3 aliphatic carbocycles. The summed E-state index contributed by atoms with van der Waals surface area (Å²) in [7, 11) is 0. The molecule has 2 amide bonds. The molecule has 2 fully saturated rings. The second-order valence-corrected chi connectivity index (χ2v) is 9.63. The lowest BCUT2D eigenvalue weighted by atomic mass is 9.59. The van der Waals surface area contributed by atoms with Crippen LogP contribution in [0, 0.1) is 23.2 Å². The third-order valence-corrected chi connectivity index (χ3v) is 7.73. The number of carbonyl (C=O) groups is 2. The van der Waals surface area contributed by atoms with Crippen LogP contribution in [-0.2, 0) is 9.59 Å². The summed E-state index contributed by atoms with van der Waals surface area (Å²) >= 11 is 0. The lowest BCUT2D eigenvalue weighted by Crippen LogP contribution is -2.53. The molecule has 6 nitrogen and oxygen atoms in total. The maximum atomic E-state index is 13.8. The first kappa shape index (κ1) is 23.5. The highest BCUT2D eigenvalue weighted by Gasteiger charge is 2.50. The van der Waals surface area contributed by atoms with Crippen LogP contribution in [0.3, 0.4) is 0 Å². The van der Waals surface area contributed by atoms with Gasteiger partial charge in [0.05, 0.1) is 5.41 Å². The minimum Gasteiger partial charge on any atom is -0.354 e. The Hall–Kier alpha value is -2.61. The Labute approximate surface area is 193 Å². The lowest BCUT2D eigenvalue weighted by molar-refractivity contribution is -0.139. The lowest BCUT2D eigenvalue weighted by Gasteiger charge is -2.46. The summed E-state index contributed by atoms with van der Waals surface area (Å²) in [6, 6.07) is 3.33. The van der Waals surface area contributed by atoms with Crippen molar-refractivity contribution in [3.05, 3.63) is 48.3 Å². The number of nitrogens with zero attached hydrogens (tertiary/aromatic N) is 1. The Kier molecular flexibility index (Phi) is 7.22. The molecule has 2 unspecified atom stereocenters. The van der Waals surface area contributed by atoms with Crippen molar-refractivity contribution in [1.82, 2.24) is 10.3 Å². The van der Waals surface area contributed by atoms with Crippen LogP contribution in [-0.4, -0.2) is 29.4 Å². The quantitative estimate of drug-likeness (QED) is 0.571. The monoisotopic (exact) mass is 458 g/mol. The van der Waals surface area contributed by atoms with Gasteiger partial charge < -0.3 is 16.4 Å². The predicted octanol–water partition coefficient (Wildman–Crippen LogP) is 4.17. The van der Waals surface area contributed by atoms with Gasteiger partial charge in [0, 0.05) is 36.6 Å². The number of hydrogen-bond donors (Lipinski definition) is 3. The first-order valence-electron chi connectivity index (χ1n) is 11.9. The average molecular weight is 459 g/mol. The van der Waals surface area contributed by atoms with Gasteiger partial charge in [-0.05, 0) is 81.1 Å². The second-order valence-electron chi connectivity index (χ2n) is 9.63. The summed E-state index contributed by atoms with van der Waals surface area (Å²) in [4.78, 5) is 29.5. The van der Waals surface area contributed by atoms with E-state index in [9.17, 15) is 18.4 Å². The van der Waals surface area contributed by atoms with E-state index in [0.29, 0.717) is 25.8 Å². The van der Waals surface area contributed by atoms with Crippen molar-refractivity contribution in [2.75, 3.05) is 11.9 Å². The molecular formula is C25H32F2N4O2. The number of aromatic nitrogens is 1. The summed E-state index contributed by atoms with van der Waals surface area (Å²) < 4.78 is 27.2. The van der Waals surface area contributed by atoms with Crippen molar-refractivity contribution in [2.45, 2.75) is 57.4 Å². The van der Waals surface area contributed by atoms with Crippen LogP contribution in [0.5, 0.6) is 0 Å². The Morgan fingerprint density at radius 2 is 1.82 bits per heavy atom. The highest BCUT2D eigenvalue weighted by Crippen LogP contribution is 2.51. The molecule has 1 heterocycles. The van der Waals surface area contributed by atoms with Crippen molar-refractivity contribution >= 4 is 17.5 Å². The molecule has 4 N–H and O–H groups in total. The number of carbonyl (C=O) groups excluding carboxylic acids is 2. The topological polar surface area (TPSA) is 97.1 Å². The maximum absolute atomic E-state index is 13.8. The molecule has 0 radical (unpaired) electrons. The van der Waals surface area contributed by atoms with Crippen LogP contribution < -0.4 is 16.4 Å². The Balaban J connectivity index is 1.24. The van der Waals surface area contributed by atoms with Gasteiger partial charge in [-0.2, -0.15) is 0 Å². The van der Waals surface area contributed by atoms with Gasteiger partial charge in [0.25, 0.3) is 0 Å². The number of halogens is 2. The molecule has 178 valence electrons. The molecule has 0 saturated heterocycles. The summed E-state index contributed by atoms with van der Waals surface area (Å²) in [5.74, 6) is -1.94. The number of anilines is 1. The summed E-state index contributed by atoms with van der Waals surface area (Å²) in [6.07, 6.45) is 11.6. The number of rotatable bonds is 7. The third kappa shape index (κ3) is 5.16. The molecule has 8 heteroatoms. The van der Waals surface area contributed by atoms with Crippen molar-refractivity contribution in [2.24, 2.45) is 28.9 Å². The Bertz CT molecular complexity index is 922. The maximum Gasteiger partial charge on any atom is 0.227 e. The summed E-state index contributed by atoms with van der Waals surface area (Å²) in [5, 5.41) is 5.93. The largest absolute Gasteiger partial charge is 0.354 e. The minimum absolute atomic E-state index is 0.0201. The van der Waals surface area contributed by atoms with E-state index in [0.717, 1.165) is 37.8 Å². The van der Waals surface area contributed by atoms with Crippen LogP contribution in [0.25, 0.3) is 0 Å². The van der Waals surface area contributed by atoms with Crippen LogP contribution in [0.1, 0.15) is 51.4 Å². The van der Waals surface area contributed by atoms with Gasteiger partial charge >= 0.3 is 0 Å². The fraction of sp³-hybridized carbons (Fsp3) is 0.560. The first-order chi connectivity index (χ1) is 15.9. The SMILES string of the molecule is NC(CNC(=O)C1(C2C=C(F)C(F)=CC2)CCC1)C1CCC(C(=O)Nc2ccncc2)CC1. The molecule has 4 rings (SSSR count). The second kappa shape index (κ2) is 10.1. The van der Waals surface area contributed by atoms with Crippen molar-refractivity contribution in [3.8, 4) is 0 Å². The third-order valence-electron chi connectivity index (χ3n) is 7.73. The fourth-order valence-electron chi connectivity index (χ4n) is 5.40. The van der Waals surface area contributed by atoms with E-state index in [2.05, 4.69) is 15.6 Å². The number of nitrogens with one attached hydrogen (secondary N) is 2. The van der Waals surface area contributed by atoms with Crippen molar-refractivity contribution in [3.63, 3.8) is 0 Å². The summed E-state index contributed by atoms with van der Waals surface area (Å²) in [5.41, 5.74) is 6.48. The normalized spacial score (nSPS) is 27.4. The van der Waals surface area contributed by atoms with Crippen LogP contribution in [0.4, 0.5) is 14.5 Å². The molecule has 0 bridgehead atoms. The van der Waals surface area contributed by atoms with E-state index in [1.807, 2.05) is 0 Å². The molecule has 0 spiro atoms. The standard InChI is InChI=1S/C25H32F2N4O2/c26-20-7-6-18(14-21(20)27)25(10-1-11-25)24(33)30-15-22(28)16-2-4-17(5-3-16)23(32)31-19-8-12-29-13-9-19/h7-9,12-14,16-18,22H,1-6,10-11,15,28H2,(H,30,33)(H,29,31,32). The summed E-state index contributed by atoms with van der Waals surface area (Å²) in [6.45, 7) is 0.349. The molecule has 2 atom stereocenters. The van der Waals surface area contributed by atoms with Gasteiger partial charge in [-0.1, -0.05) is 6.42 Å². The zero-order valence-corrected chi connectivity index (χ0v) is 18.7. The van der Waals surface area contributed by atoms with Crippen LogP contribution in [0.15, 0.2) is 48.3 Å². The average Bonchev–Trinajstić information content (AvgIpc) is 2.80. The van der Waals surface area contributed by atoms with Gasteiger partial charge in [0.1, 0.15) is 0 Å². The van der Waals surface area contributed by atoms with E-state index >= 15 is 0 Å². The van der Waals surface area contributed by atoms with Crippen LogP contribution in [0.2, 0.25) is 0 Å². The van der Waals surface area contributed by atoms with E-state index in [4.69, 9.17) is 5.73 Å². The number of allylic oxidation sites excluding steroid dienone is 4. The van der Waals surface area contributed by atoms with Crippen molar-refractivity contribution < 1.29 is 18.4 Å². The molecule has 3 aliphatic rings. The minimum atomic E-state index is -0.869. The van der Waals surface area contributed by atoms with Gasteiger partial charge in [-0.3, -0.25) is 14.6 Å². The molecule has 0 aliphatic heterocycles. The highest BCUT2D eigenvalue weighted by atomic mass is 19.2. The molecular weight excluding hydrogens is 426 g/mol. The zero-order chi connectivity index (χ0) is 23.4. The smallest absolute Gasteiger partial charge is 0.227 e. The molecule has 2 saturated carbocycles. The predicted molar refractivity (Wildman–Crippen MR) is 122 cm³/mol.